The third-order valence-corrected chi connectivity index (χ3v) is 5.97. The van der Waals surface area contributed by atoms with E-state index in [9.17, 15) is 0 Å². The van der Waals surface area contributed by atoms with E-state index < -0.39 is 0 Å². The fourth-order valence-corrected chi connectivity index (χ4v) is 3.95. The van der Waals surface area contributed by atoms with E-state index in [4.69, 9.17) is 9.47 Å². The van der Waals surface area contributed by atoms with Gasteiger partial charge in [0.2, 0.25) is 0 Å². The van der Waals surface area contributed by atoms with Crippen molar-refractivity contribution >= 4 is 32.4 Å². The normalized spacial score (nSPS) is 10.8. The van der Waals surface area contributed by atoms with Gasteiger partial charge >= 0.3 is 0 Å². The number of halogens is 1. The molecule has 0 aliphatic rings. The summed E-state index contributed by atoms with van der Waals surface area (Å²) < 4.78 is 12.7. The first-order chi connectivity index (χ1) is 14.7. The number of hydrogen-bond acceptors (Lipinski definition) is 3. The van der Waals surface area contributed by atoms with E-state index in [-0.39, 0.29) is 0 Å². The minimum atomic E-state index is 0.503. The number of fused-ring (bicyclic) bond motifs is 1. The Bertz CT molecular complexity index is 1170. The molecule has 4 heteroatoms. The second kappa shape index (κ2) is 9.23. The number of hydrogen-bond donors (Lipinski definition) is 1. The van der Waals surface area contributed by atoms with Gasteiger partial charge in [0.05, 0.1) is 7.11 Å². The van der Waals surface area contributed by atoms with Crippen molar-refractivity contribution in [1.82, 2.24) is 0 Å². The molecule has 0 unspecified atom stereocenters. The first kappa shape index (κ1) is 20.3. The quantitative estimate of drug-likeness (QED) is 0.318. The maximum atomic E-state index is 6.08. The third-order valence-electron chi connectivity index (χ3n) is 5.24. The number of nitrogens with one attached hydrogen (secondary N) is 1. The smallest absolute Gasteiger partial charge is 0.162 e. The monoisotopic (exact) mass is 461 g/mol. The fraction of sp³-hybridized carbons (Fsp3) is 0.154. The average Bonchev–Trinajstić information content (AvgIpc) is 2.78. The van der Waals surface area contributed by atoms with Crippen LogP contribution in [0.15, 0.2) is 83.3 Å². The molecule has 30 heavy (non-hydrogen) atoms. The maximum absolute atomic E-state index is 6.08. The average molecular weight is 462 g/mol. The fourth-order valence-electron chi connectivity index (χ4n) is 3.48. The second-order valence-electron chi connectivity index (χ2n) is 7.19. The lowest BCUT2D eigenvalue weighted by atomic mass is 10.1. The Kier molecular flexibility index (Phi) is 6.24. The molecular weight excluding hydrogens is 438 g/mol. The van der Waals surface area contributed by atoms with E-state index >= 15 is 0 Å². The molecule has 0 amide bonds. The Morgan fingerprint density at radius 1 is 0.833 bits per heavy atom. The van der Waals surface area contributed by atoms with Crippen molar-refractivity contribution in [3.05, 3.63) is 100 Å². The summed E-state index contributed by atoms with van der Waals surface area (Å²) in [7, 11) is 1.67. The van der Waals surface area contributed by atoms with Crippen LogP contribution in [0.25, 0.3) is 10.8 Å². The standard InChI is InChI=1S/C26H24BrNO2/c1-18-8-3-4-10-20(18)17-30-26-15-23(27)21(14-25(26)29-2)16-28-24-13-7-11-19-9-5-6-12-22(19)24/h3-15,28H,16-17H2,1-2H3. The lowest BCUT2D eigenvalue weighted by Gasteiger charge is -2.16. The summed E-state index contributed by atoms with van der Waals surface area (Å²) in [5, 5.41) is 5.99. The maximum Gasteiger partial charge on any atom is 0.162 e. The van der Waals surface area contributed by atoms with Crippen LogP contribution in [0.4, 0.5) is 5.69 Å². The van der Waals surface area contributed by atoms with Crippen LogP contribution in [0.1, 0.15) is 16.7 Å². The van der Waals surface area contributed by atoms with Gasteiger partial charge in [-0.05, 0) is 47.2 Å². The molecule has 0 atom stereocenters. The SMILES string of the molecule is COc1cc(CNc2cccc3ccccc23)c(Br)cc1OCc1ccccc1C. The Morgan fingerprint density at radius 3 is 2.43 bits per heavy atom. The van der Waals surface area contributed by atoms with E-state index in [0.717, 1.165) is 32.8 Å². The van der Waals surface area contributed by atoms with E-state index in [1.165, 1.54) is 16.3 Å². The summed E-state index contributed by atoms with van der Waals surface area (Å²) in [5.41, 5.74) is 4.59. The topological polar surface area (TPSA) is 30.5 Å². The van der Waals surface area contributed by atoms with Crippen LogP contribution in [0.2, 0.25) is 0 Å². The molecule has 0 heterocycles. The Balaban J connectivity index is 1.52. The first-order valence-electron chi connectivity index (χ1n) is 9.91. The lowest BCUT2D eigenvalue weighted by Crippen LogP contribution is -2.04. The summed E-state index contributed by atoms with van der Waals surface area (Å²) in [6.07, 6.45) is 0. The molecule has 0 fully saturated rings. The molecule has 1 N–H and O–H groups in total. The van der Waals surface area contributed by atoms with Crippen molar-refractivity contribution in [1.29, 1.82) is 0 Å². The van der Waals surface area contributed by atoms with Crippen molar-refractivity contribution in [2.24, 2.45) is 0 Å². The van der Waals surface area contributed by atoms with Gasteiger partial charge in [-0.2, -0.15) is 0 Å². The highest BCUT2D eigenvalue weighted by atomic mass is 79.9. The Morgan fingerprint density at radius 2 is 1.60 bits per heavy atom. The molecular formula is C26H24BrNO2. The van der Waals surface area contributed by atoms with Gasteiger partial charge in [0, 0.05) is 22.1 Å². The minimum Gasteiger partial charge on any atom is -0.493 e. The van der Waals surface area contributed by atoms with E-state index in [1.54, 1.807) is 7.11 Å². The van der Waals surface area contributed by atoms with Crippen LogP contribution in [0.3, 0.4) is 0 Å². The zero-order valence-corrected chi connectivity index (χ0v) is 18.7. The molecule has 0 spiro atoms. The summed E-state index contributed by atoms with van der Waals surface area (Å²) in [5.74, 6) is 1.45. The molecule has 0 bridgehead atoms. The first-order valence-corrected chi connectivity index (χ1v) is 10.7. The van der Waals surface area contributed by atoms with Crippen LogP contribution in [0, 0.1) is 6.92 Å². The molecule has 3 nitrogen and oxygen atoms in total. The second-order valence-corrected chi connectivity index (χ2v) is 8.04. The van der Waals surface area contributed by atoms with Gasteiger partial charge in [0.15, 0.2) is 11.5 Å². The van der Waals surface area contributed by atoms with Gasteiger partial charge in [-0.1, -0.05) is 76.6 Å². The van der Waals surface area contributed by atoms with Crippen LogP contribution >= 0.6 is 15.9 Å². The number of anilines is 1. The Hall–Kier alpha value is -2.98. The number of benzene rings is 4. The Labute approximate surface area is 185 Å². The van der Waals surface area contributed by atoms with Gasteiger partial charge < -0.3 is 14.8 Å². The van der Waals surface area contributed by atoms with Gasteiger partial charge in [0.25, 0.3) is 0 Å². The third kappa shape index (κ3) is 4.44. The van der Waals surface area contributed by atoms with E-state index in [0.29, 0.717) is 13.2 Å². The minimum absolute atomic E-state index is 0.503. The van der Waals surface area contributed by atoms with Gasteiger partial charge in [0.1, 0.15) is 6.61 Å². The van der Waals surface area contributed by atoms with Gasteiger partial charge in [-0.3, -0.25) is 0 Å². The lowest BCUT2D eigenvalue weighted by molar-refractivity contribution is 0.283. The summed E-state index contributed by atoms with van der Waals surface area (Å²) in [6, 6.07) is 26.9. The largest absolute Gasteiger partial charge is 0.493 e. The predicted molar refractivity (Wildman–Crippen MR) is 127 cm³/mol. The zero-order valence-electron chi connectivity index (χ0n) is 17.1. The molecule has 0 radical (unpaired) electrons. The molecule has 0 saturated carbocycles. The van der Waals surface area contributed by atoms with Gasteiger partial charge in [-0.15, -0.1) is 0 Å². The highest BCUT2D eigenvalue weighted by Gasteiger charge is 2.12. The van der Waals surface area contributed by atoms with Crippen molar-refractivity contribution in [3.8, 4) is 11.5 Å². The van der Waals surface area contributed by atoms with Crippen LogP contribution in [-0.4, -0.2) is 7.11 Å². The van der Waals surface area contributed by atoms with Crippen molar-refractivity contribution < 1.29 is 9.47 Å². The summed E-state index contributed by atoms with van der Waals surface area (Å²) in [6.45, 7) is 3.26. The van der Waals surface area contributed by atoms with Gasteiger partial charge in [-0.25, -0.2) is 0 Å². The molecule has 4 aromatic carbocycles. The zero-order chi connectivity index (χ0) is 20.9. The molecule has 0 aromatic heterocycles. The molecule has 0 aliphatic carbocycles. The van der Waals surface area contributed by atoms with Crippen molar-refractivity contribution in [2.45, 2.75) is 20.1 Å². The summed E-state index contributed by atoms with van der Waals surface area (Å²) >= 11 is 3.70. The number of methoxy groups -OCH3 is 1. The van der Waals surface area contributed by atoms with E-state index in [1.807, 2.05) is 24.3 Å². The molecule has 0 aliphatic heterocycles. The number of rotatable bonds is 7. The van der Waals surface area contributed by atoms with Crippen molar-refractivity contribution in [3.63, 3.8) is 0 Å². The van der Waals surface area contributed by atoms with Crippen LogP contribution < -0.4 is 14.8 Å². The highest BCUT2D eigenvalue weighted by Crippen LogP contribution is 2.35. The van der Waals surface area contributed by atoms with Crippen LogP contribution in [0.5, 0.6) is 11.5 Å². The number of aryl methyl sites for hydroxylation is 1. The van der Waals surface area contributed by atoms with Crippen LogP contribution in [-0.2, 0) is 13.2 Å². The molecule has 4 aromatic rings. The van der Waals surface area contributed by atoms with E-state index in [2.05, 4.69) is 82.8 Å². The van der Waals surface area contributed by atoms with Crippen molar-refractivity contribution in [2.75, 3.05) is 12.4 Å². The molecule has 152 valence electrons. The molecule has 0 saturated heterocycles. The summed E-state index contributed by atoms with van der Waals surface area (Å²) in [4.78, 5) is 0. The predicted octanol–water partition coefficient (Wildman–Crippen LogP) is 7.11. The molecule has 4 rings (SSSR count). The number of ether oxygens (including phenoxy) is 2. The highest BCUT2D eigenvalue weighted by molar-refractivity contribution is 9.10.